The fourth-order valence-electron chi connectivity index (χ4n) is 1.28. The van der Waals surface area contributed by atoms with Gasteiger partial charge in [-0.3, -0.25) is 9.59 Å². The Balaban J connectivity index is 4.42. The first kappa shape index (κ1) is 14.7. The van der Waals surface area contributed by atoms with Crippen LogP contribution in [-0.2, 0) is 14.3 Å². The lowest BCUT2D eigenvalue weighted by molar-refractivity contribution is -0.147. The molecule has 92 valence electrons. The predicted molar refractivity (Wildman–Crippen MR) is 62.9 cm³/mol. The third kappa shape index (κ3) is 6.22. The zero-order valence-corrected chi connectivity index (χ0v) is 10.5. The molecular formula is C12H21NO3. The fourth-order valence-corrected chi connectivity index (χ4v) is 1.28. The molecule has 0 heterocycles. The molecule has 0 rings (SSSR count). The summed E-state index contributed by atoms with van der Waals surface area (Å²) in [5.41, 5.74) is 0. The molecule has 0 bridgehead atoms. The maximum Gasteiger partial charge on any atom is 0.325 e. The van der Waals surface area contributed by atoms with E-state index in [9.17, 15) is 9.59 Å². The van der Waals surface area contributed by atoms with Crippen LogP contribution in [-0.4, -0.2) is 36.5 Å². The van der Waals surface area contributed by atoms with E-state index >= 15 is 0 Å². The molecule has 0 N–H and O–H groups in total. The summed E-state index contributed by atoms with van der Waals surface area (Å²) in [6.45, 7) is 8.44. The summed E-state index contributed by atoms with van der Waals surface area (Å²) in [4.78, 5) is 24.5. The van der Waals surface area contributed by atoms with Gasteiger partial charge in [-0.05, 0) is 25.8 Å². The van der Waals surface area contributed by atoms with Gasteiger partial charge in [-0.25, -0.2) is 0 Å². The minimum Gasteiger partial charge on any atom is -0.465 e. The van der Waals surface area contributed by atoms with E-state index in [1.54, 1.807) is 19.9 Å². The smallest absolute Gasteiger partial charge is 0.325 e. The number of hydrogen-bond acceptors (Lipinski definition) is 3. The van der Waals surface area contributed by atoms with Crippen molar-refractivity contribution in [1.29, 1.82) is 0 Å². The molecule has 16 heavy (non-hydrogen) atoms. The summed E-state index contributed by atoms with van der Waals surface area (Å²) in [5.74, 6) is -0.186. The molecule has 4 nitrogen and oxygen atoms in total. The molecular weight excluding hydrogens is 206 g/mol. The van der Waals surface area contributed by atoms with E-state index in [-0.39, 0.29) is 18.4 Å². The average Bonchev–Trinajstić information content (AvgIpc) is 2.16. The van der Waals surface area contributed by atoms with E-state index in [1.807, 2.05) is 13.8 Å². The Morgan fingerprint density at radius 2 is 2.00 bits per heavy atom. The monoisotopic (exact) mass is 227 g/mol. The summed E-state index contributed by atoms with van der Waals surface area (Å²) < 4.78 is 4.83. The van der Waals surface area contributed by atoms with Crippen LogP contribution in [0, 0.1) is 5.92 Å². The normalized spacial score (nSPS) is 10.8. The molecule has 0 saturated heterocycles. The predicted octanol–water partition coefficient (Wildman–Crippen LogP) is 1.61. The minimum atomic E-state index is -0.360. The van der Waals surface area contributed by atoms with E-state index in [0.29, 0.717) is 19.1 Å². The number of carbonyl (C=O) groups excluding carboxylic acids is 2. The Kier molecular flexibility index (Phi) is 7.25. The molecule has 0 spiro atoms. The van der Waals surface area contributed by atoms with Gasteiger partial charge < -0.3 is 9.64 Å². The van der Waals surface area contributed by atoms with Crippen LogP contribution in [0.4, 0.5) is 0 Å². The van der Waals surface area contributed by atoms with E-state index in [1.165, 1.54) is 11.0 Å². The highest BCUT2D eigenvalue weighted by Crippen LogP contribution is 2.01. The van der Waals surface area contributed by atoms with Crippen LogP contribution in [0.5, 0.6) is 0 Å². The van der Waals surface area contributed by atoms with Gasteiger partial charge in [0, 0.05) is 6.54 Å². The summed E-state index contributed by atoms with van der Waals surface area (Å²) in [6.07, 6.45) is 3.13. The highest BCUT2D eigenvalue weighted by atomic mass is 16.5. The third-order valence-electron chi connectivity index (χ3n) is 1.83. The van der Waals surface area contributed by atoms with Crippen molar-refractivity contribution in [2.75, 3.05) is 19.7 Å². The second kappa shape index (κ2) is 7.91. The van der Waals surface area contributed by atoms with Crippen molar-refractivity contribution in [3.63, 3.8) is 0 Å². The van der Waals surface area contributed by atoms with Crippen molar-refractivity contribution in [3.8, 4) is 0 Å². The highest BCUT2D eigenvalue weighted by molar-refractivity contribution is 5.90. The largest absolute Gasteiger partial charge is 0.465 e. The van der Waals surface area contributed by atoms with Crippen LogP contribution in [0.2, 0.25) is 0 Å². The average molecular weight is 227 g/mol. The summed E-state index contributed by atoms with van der Waals surface area (Å²) in [7, 11) is 0. The quantitative estimate of drug-likeness (QED) is 0.511. The molecule has 0 aromatic heterocycles. The maximum atomic E-state index is 11.6. The molecule has 0 unspecified atom stereocenters. The van der Waals surface area contributed by atoms with Crippen molar-refractivity contribution < 1.29 is 14.3 Å². The second-order valence-corrected chi connectivity index (χ2v) is 3.92. The Hall–Kier alpha value is -1.32. The van der Waals surface area contributed by atoms with Crippen LogP contribution in [0.15, 0.2) is 12.2 Å². The van der Waals surface area contributed by atoms with Gasteiger partial charge in [0.15, 0.2) is 0 Å². The zero-order valence-electron chi connectivity index (χ0n) is 10.5. The van der Waals surface area contributed by atoms with E-state index in [0.717, 1.165) is 0 Å². The first-order valence-electron chi connectivity index (χ1n) is 5.58. The standard InChI is InChI=1S/C12H21NO3/c1-5-7-11(14)13(8-10(3)4)9-12(15)16-6-2/h5,7,10H,6,8-9H2,1-4H3. The first-order chi connectivity index (χ1) is 7.51. The Morgan fingerprint density at radius 3 is 2.44 bits per heavy atom. The number of carbonyl (C=O) groups is 2. The van der Waals surface area contributed by atoms with Crippen molar-refractivity contribution in [2.45, 2.75) is 27.7 Å². The number of ether oxygens (including phenoxy) is 1. The number of esters is 1. The summed E-state index contributed by atoms with van der Waals surface area (Å²) >= 11 is 0. The van der Waals surface area contributed by atoms with Crippen LogP contribution < -0.4 is 0 Å². The molecule has 1 amide bonds. The van der Waals surface area contributed by atoms with Gasteiger partial charge in [-0.15, -0.1) is 0 Å². The summed E-state index contributed by atoms with van der Waals surface area (Å²) in [6, 6.07) is 0. The number of hydrogen-bond donors (Lipinski definition) is 0. The molecule has 0 aliphatic carbocycles. The van der Waals surface area contributed by atoms with Crippen LogP contribution in [0.3, 0.4) is 0 Å². The second-order valence-electron chi connectivity index (χ2n) is 3.92. The van der Waals surface area contributed by atoms with Crippen LogP contribution in [0.1, 0.15) is 27.7 Å². The first-order valence-corrected chi connectivity index (χ1v) is 5.58. The SMILES string of the molecule is CC=CC(=O)N(CC(=O)OCC)CC(C)C. The van der Waals surface area contributed by atoms with Crippen LogP contribution in [0.25, 0.3) is 0 Å². The molecule has 0 aromatic rings. The molecule has 0 atom stereocenters. The number of allylic oxidation sites excluding steroid dienone is 1. The van der Waals surface area contributed by atoms with Crippen LogP contribution >= 0.6 is 0 Å². The maximum absolute atomic E-state index is 11.6. The van der Waals surface area contributed by atoms with Gasteiger partial charge in [-0.1, -0.05) is 19.9 Å². The van der Waals surface area contributed by atoms with Crippen molar-refractivity contribution in [3.05, 3.63) is 12.2 Å². The molecule has 0 aliphatic rings. The molecule has 0 aromatic carbocycles. The van der Waals surface area contributed by atoms with Crippen molar-refractivity contribution in [1.82, 2.24) is 4.90 Å². The van der Waals surface area contributed by atoms with Gasteiger partial charge in [0.1, 0.15) is 6.54 Å². The molecule has 0 saturated carbocycles. The number of amides is 1. The minimum absolute atomic E-state index is 0.0230. The molecule has 0 radical (unpaired) electrons. The fraction of sp³-hybridized carbons (Fsp3) is 0.667. The lowest BCUT2D eigenvalue weighted by Gasteiger charge is -2.22. The van der Waals surface area contributed by atoms with E-state index < -0.39 is 0 Å². The molecule has 4 heteroatoms. The summed E-state index contributed by atoms with van der Waals surface area (Å²) in [5, 5.41) is 0. The van der Waals surface area contributed by atoms with Crippen molar-refractivity contribution >= 4 is 11.9 Å². The molecule has 0 aliphatic heterocycles. The lowest BCUT2D eigenvalue weighted by Crippen LogP contribution is -2.37. The van der Waals surface area contributed by atoms with Crippen molar-refractivity contribution in [2.24, 2.45) is 5.92 Å². The number of rotatable bonds is 6. The van der Waals surface area contributed by atoms with E-state index in [4.69, 9.17) is 4.74 Å². The zero-order chi connectivity index (χ0) is 12.6. The molecule has 0 fully saturated rings. The highest BCUT2D eigenvalue weighted by Gasteiger charge is 2.16. The van der Waals surface area contributed by atoms with E-state index in [2.05, 4.69) is 0 Å². The van der Waals surface area contributed by atoms with Gasteiger partial charge in [0.05, 0.1) is 6.61 Å². The van der Waals surface area contributed by atoms with Gasteiger partial charge in [-0.2, -0.15) is 0 Å². The topological polar surface area (TPSA) is 46.6 Å². The Morgan fingerprint density at radius 1 is 1.38 bits per heavy atom. The Labute approximate surface area is 97.3 Å². The third-order valence-corrected chi connectivity index (χ3v) is 1.83. The van der Waals surface area contributed by atoms with Gasteiger partial charge in [0.2, 0.25) is 5.91 Å². The lowest BCUT2D eigenvalue weighted by atomic mass is 10.2. The number of nitrogens with zero attached hydrogens (tertiary/aromatic N) is 1. The van der Waals surface area contributed by atoms with Gasteiger partial charge in [0.25, 0.3) is 0 Å². The Bertz CT molecular complexity index is 259. The van der Waals surface area contributed by atoms with Gasteiger partial charge >= 0.3 is 5.97 Å².